The molecule has 1 aliphatic carbocycles. The van der Waals surface area contributed by atoms with E-state index in [0.717, 1.165) is 25.5 Å². The molecule has 0 bridgehead atoms. The minimum atomic E-state index is -0.529. The van der Waals surface area contributed by atoms with Crippen molar-refractivity contribution < 1.29 is 14.3 Å². The van der Waals surface area contributed by atoms with Crippen molar-refractivity contribution in [2.45, 2.75) is 37.8 Å². The Morgan fingerprint density at radius 1 is 1.44 bits per heavy atom. The molecule has 2 rings (SSSR count). The first kappa shape index (κ1) is 13.0. The van der Waals surface area contributed by atoms with Gasteiger partial charge in [0.2, 0.25) is 0 Å². The van der Waals surface area contributed by atoms with Crippen molar-refractivity contribution in [3.05, 3.63) is 29.8 Å². The number of carbonyl (C=O) groups is 1. The van der Waals surface area contributed by atoms with Gasteiger partial charge in [0.05, 0.1) is 23.9 Å². The highest BCUT2D eigenvalue weighted by Gasteiger charge is 2.29. The fourth-order valence-corrected chi connectivity index (χ4v) is 2.43. The lowest BCUT2D eigenvalue weighted by Gasteiger charge is -2.35. The Morgan fingerprint density at radius 2 is 2.17 bits per heavy atom. The van der Waals surface area contributed by atoms with Gasteiger partial charge in [0.25, 0.3) is 5.91 Å². The van der Waals surface area contributed by atoms with E-state index in [9.17, 15) is 14.3 Å². The third-order valence-electron chi connectivity index (χ3n) is 3.46. The Morgan fingerprint density at radius 3 is 2.83 bits per heavy atom. The van der Waals surface area contributed by atoms with Crippen molar-refractivity contribution in [2.75, 3.05) is 7.05 Å². The largest absolute Gasteiger partial charge is 0.391 e. The Labute approximate surface area is 105 Å². The van der Waals surface area contributed by atoms with Gasteiger partial charge in [-0.3, -0.25) is 9.78 Å². The van der Waals surface area contributed by atoms with Crippen LogP contribution in [0.4, 0.5) is 4.39 Å². The third kappa shape index (κ3) is 2.67. The maximum atomic E-state index is 13.0. The second-order valence-electron chi connectivity index (χ2n) is 4.73. The molecule has 0 radical (unpaired) electrons. The maximum absolute atomic E-state index is 13.0. The van der Waals surface area contributed by atoms with Gasteiger partial charge in [-0.2, -0.15) is 0 Å². The summed E-state index contributed by atoms with van der Waals surface area (Å²) in [7, 11) is 1.65. The van der Waals surface area contributed by atoms with E-state index in [2.05, 4.69) is 4.98 Å². The van der Waals surface area contributed by atoms with E-state index in [-0.39, 0.29) is 17.5 Å². The lowest BCUT2D eigenvalue weighted by molar-refractivity contribution is 0.0267. The normalized spacial score (nSPS) is 23.7. The van der Waals surface area contributed by atoms with Gasteiger partial charge in [-0.1, -0.05) is 12.8 Å². The first-order valence-electron chi connectivity index (χ1n) is 6.15. The van der Waals surface area contributed by atoms with Gasteiger partial charge in [-0.15, -0.1) is 0 Å². The number of halogens is 1. The zero-order chi connectivity index (χ0) is 13.1. The molecular formula is C13H17FN2O2. The molecule has 1 heterocycles. The molecule has 2 unspecified atom stereocenters. The molecule has 5 heteroatoms. The quantitative estimate of drug-likeness (QED) is 0.869. The summed E-state index contributed by atoms with van der Waals surface area (Å²) >= 11 is 0. The Bertz CT molecular complexity index is 439. The van der Waals surface area contributed by atoms with E-state index in [0.29, 0.717) is 6.42 Å². The van der Waals surface area contributed by atoms with Gasteiger partial charge in [-0.25, -0.2) is 4.39 Å². The predicted molar refractivity (Wildman–Crippen MR) is 64.6 cm³/mol. The van der Waals surface area contributed by atoms with E-state index < -0.39 is 11.9 Å². The molecule has 1 aromatic heterocycles. The molecule has 0 spiro atoms. The van der Waals surface area contributed by atoms with Crippen LogP contribution in [0.25, 0.3) is 0 Å². The van der Waals surface area contributed by atoms with E-state index in [4.69, 9.17) is 0 Å². The average Bonchev–Trinajstić information content (AvgIpc) is 2.37. The molecule has 0 saturated heterocycles. The zero-order valence-electron chi connectivity index (χ0n) is 10.3. The van der Waals surface area contributed by atoms with E-state index in [1.165, 1.54) is 17.2 Å². The third-order valence-corrected chi connectivity index (χ3v) is 3.46. The molecule has 1 amide bonds. The lowest BCUT2D eigenvalue weighted by Crippen LogP contribution is -2.46. The molecule has 98 valence electrons. The molecule has 4 nitrogen and oxygen atoms in total. The monoisotopic (exact) mass is 252 g/mol. The average molecular weight is 252 g/mol. The van der Waals surface area contributed by atoms with Crippen molar-refractivity contribution in [1.29, 1.82) is 0 Å². The highest BCUT2D eigenvalue weighted by atomic mass is 19.1. The number of aliphatic hydroxyl groups is 1. The zero-order valence-corrected chi connectivity index (χ0v) is 10.3. The highest BCUT2D eigenvalue weighted by molar-refractivity contribution is 5.94. The van der Waals surface area contributed by atoms with Crippen LogP contribution in [0.5, 0.6) is 0 Å². The number of nitrogens with zero attached hydrogens (tertiary/aromatic N) is 2. The second kappa shape index (κ2) is 5.44. The molecule has 2 atom stereocenters. The summed E-state index contributed by atoms with van der Waals surface area (Å²) in [5.74, 6) is -0.827. The molecule has 0 aliphatic heterocycles. The molecule has 0 aromatic carbocycles. The molecule has 1 aromatic rings. The van der Waals surface area contributed by atoms with Crippen LogP contribution in [-0.2, 0) is 0 Å². The summed E-state index contributed by atoms with van der Waals surface area (Å²) in [6.07, 6.45) is 5.40. The first-order chi connectivity index (χ1) is 8.59. The van der Waals surface area contributed by atoms with Crippen LogP contribution in [-0.4, -0.2) is 40.1 Å². The first-order valence-corrected chi connectivity index (χ1v) is 6.15. The minimum Gasteiger partial charge on any atom is -0.391 e. The van der Waals surface area contributed by atoms with Crippen LogP contribution in [0, 0.1) is 5.82 Å². The van der Waals surface area contributed by atoms with E-state index >= 15 is 0 Å². The number of likely N-dealkylation sites (N-methyl/N-ethyl adjacent to an activating group) is 1. The molecule has 1 N–H and O–H groups in total. The fourth-order valence-electron chi connectivity index (χ4n) is 2.43. The van der Waals surface area contributed by atoms with Crippen LogP contribution >= 0.6 is 0 Å². The summed E-state index contributed by atoms with van der Waals surface area (Å²) in [6.45, 7) is 0. The molecule has 1 fully saturated rings. The molecule has 18 heavy (non-hydrogen) atoms. The Balaban J connectivity index is 2.13. The minimum absolute atomic E-state index is 0.186. The van der Waals surface area contributed by atoms with Crippen LogP contribution in [0.3, 0.4) is 0 Å². The smallest absolute Gasteiger partial charge is 0.255 e. The van der Waals surface area contributed by atoms with Crippen molar-refractivity contribution in [1.82, 2.24) is 9.88 Å². The number of carbonyl (C=O) groups excluding carboxylic acids is 1. The number of hydrogen-bond donors (Lipinski definition) is 1. The molecule has 1 saturated carbocycles. The number of amides is 1. The standard InChI is InChI=1S/C13H17FN2O2/c1-16(11-4-2-3-5-12(11)17)13(18)9-6-10(14)8-15-7-9/h6-8,11-12,17H,2-5H2,1H3. The van der Waals surface area contributed by atoms with Crippen molar-refractivity contribution in [3.8, 4) is 0 Å². The van der Waals surface area contributed by atoms with E-state index in [1.807, 2.05) is 0 Å². The number of aromatic nitrogens is 1. The molecular weight excluding hydrogens is 235 g/mol. The van der Waals surface area contributed by atoms with Gasteiger partial charge < -0.3 is 10.0 Å². The van der Waals surface area contributed by atoms with Gasteiger partial charge in [0, 0.05) is 13.2 Å². The van der Waals surface area contributed by atoms with E-state index in [1.54, 1.807) is 7.05 Å². The van der Waals surface area contributed by atoms with Crippen LogP contribution in [0.15, 0.2) is 18.5 Å². The maximum Gasteiger partial charge on any atom is 0.255 e. The highest BCUT2D eigenvalue weighted by Crippen LogP contribution is 2.23. The van der Waals surface area contributed by atoms with Crippen molar-refractivity contribution in [3.63, 3.8) is 0 Å². The van der Waals surface area contributed by atoms with Gasteiger partial charge in [-0.05, 0) is 18.9 Å². The van der Waals surface area contributed by atoms with Gasteiger partial charge in [0.1, 0.15) is 5.82 Å². The predicted octanol–water partition coefficient (Wildman–Crippen LogP) is 1.60. The summed E-state index contributed by atoms with van der Waals surface area (Å²) in [5.41, 5.74) is 0.218. The van der Waals surface area contributed by atoms with Crippen LogP contribution < -0.4 is 0 Å². The second-order valence-corrected chi connectivity index (χ2v) is 4.73. The summed E-state index contributed by atoms with van der Waals surface area (Å²) in [5, 5.41) is 9.91. The lowest BCUT2D eigenvalue weighted by atomic mass is 9.91. The summed E-state index contributed by atoms with van der Waals surface area (Å²) in [4.78, 5) is 17.3. The van der Waals surface area contributed by atoms with Gasteiger partial charge in [0.15, 0.2) is 0 Å². The number of pyridine rings is 1. The van der Waals surface area contributed by atoms with Crippen LogP contribution in [0.1, 0.15) is 36.0 Å². The Hall–Kier alpha value is -1.49. The SMILES string of the molecule is CN(C(=O)c1cncc(F)c1)C1CCCCC1O. The number of aliphatic hydroxyl groups excluding tert-OH is 1. The van der Waals surface area contributed by atoms with Crippen molar-refractivity contribution >= 4 is 5.91 Å². The summed E-state index contributed by atoms with van der Waals surface area (Å²) in [6, 6.07) is 0.982. The van der Waals surface area contributed by atoms with Crippen LogP contribution in [0.2, 0.25) is 0 Å². The topological polar surface area (TPSA) is 53.4 Å². The molecule has 1 aliphatic rings. The Kier molecular flexibility index (Phi) is 3.91. The van der Waals surface area contributed by atoms with Gasteiger partial charge >= 0.3 is 0 Å². The number of rotatable bonds is 2. The summed E-state index contributed by atoms with van der Waals surface area (Å²) < 4.78 is 13.0. The number of hydrogen-bond acceptors (Lipinski definition) is 3. The fraction of sp³-hybridized carbons (Fsp3) is 0.538. The van der Waals surface area contributed by atoms with Crippen molar-refractivity contribution in [2.24, 2.45) is 0 Å².